The molecular weight excluding hydrogens is 331 g/mol. The Morgan fingerprint density at radius 2 is 2.19 bits per heavy atom. The Hall–Kier alpha value is -0.650. The van der Waals surface area contributed by atoms with Crippen molar-refractivity contribution in [1.82, 2.24) is 4.98 Å². The second kappa shape index (κ2) is 7.07. The fraction of sp³-hybridized carbons (Fsp3) is 0.571. The van der Waals surface area contributed by atoms with Gasteiger partial charge in [0.1, 0.15) is 10.8 Å². The van der Waals surface area contributed by atoms with E-state index in [9.17, 15) is 4.79 Å². The number of aromatic nitrogens is 1. The summed E-state index contributed by atoms with van der Waals surface area (Å²) in [6.07, 6.45) is 2.54. The molecular formula is C14H18Cl2N2O2S. The number of ether oxygens (including phenoxy) is 1. The van der Waals surface area contributed by atoms with Gasteiger partial charge in [0.05, 0.1) is 23.6 Å². The van der Waals surface area contributed by atoms with Gasteiger partial charge in [0, 0.05) is 12.3 Å². The molecule has 0 atom stereocenters. The summed E-state index contributed by atoms with van der Waals surface area (Å²) >= 11 is 13.9. The number of hydrogen-bond donors (Lipinski definition) is 1. The van der Waals surface area contributed by atoms with Gasteiger partial charge in [0.25, 0.3) is 0 Å². The minimum absolute atomic E-state index is 0.0424. The Morgan fingerprint density at radius 1 is 1.48 bits per heavy atom. The van der Waals surface area contributed by atoms with Crippen LogP contribution in [0.25, 0.3) is 0 Å². The lowest BCUT2D eigenvalue weighted by atomic mass is 10.1. The van der Waals surface area contributed by atoms with Crippen molar-refractivity contribution in [3.63, 3.8) is 0 Å². The van der Waals surface area contributed by atoms with Gasteiger partial charge in [-0.05, 0) is 31.2 Å². The third-order valence-electron chi connectivity index (χ3n) is 3.46. The number of methoxy groups -OCH3 is 1. The first-order valence-corrected chi connectivity index (χ1v) is 8.53. The van der Waals surface area contributed by atoms with E-state index in [1.807, 2.05) is 6.92 Å². The molecule has 1 heterocycles. The van der Waals surface area contributed by atoms with Crippen molar-refractivity contribution < 1.29 is 9.53 Å². The molecule has 0 aliphatic heterocycles. The van der Waals surface area contributed by atoms with Crippen LogP contribution in [0.1, 0.15) is 26.2 Å². The first-order valence-electron chi connectivity index (χ1n) is 6.79. The summed E-state index contributed by atoms with van der Waals surface area (Å²) in [5.74, 6) is 1.29. The van der Waals surface area contributed by atoms with Crippen molar-refractivity contribution in [1.29, 1.82) is 0 Å². The van der Waals surface area contributed by atoms with Crippen LogP contribution in [0.5, 0.6) is 0 Å². The van der Waals surface area contributed by atoms with Gasteiger partial charge in [-0.1, -0.05) is 23.2 Å². The molecule has 0 aromatic carbocycles. The number of nitrogens with one attached hydrogen (secondary N) is 1. The zero-order valence-corrected chi connectivity index (χ0v) is 14.4. The standard InChI is InChI=1S/C14H18Cl2N2O2S/c1-3-17-12-9(15)6-10(16)13(18-12)21-8-14(4-5-14)7-11(19)20-2/h6H,3-5,7-8H2,1-2H3,(H,17,18). The van der Waals surface area contributed by atoms with Crippen molar-refractivity contribution in [2.75, 3.05) is 24.7 Å². The highest BCUT2D eigenvalue weighted by atomic mass is 35.5. The second-order valence-electron chi connectivity index (χ2n) is 5.18. The Labute approximate surface area is 138 Å². The Balaban J connectivity index is 2.03. The summed E-state index contributed by atoms with van der Waals surface area (Å²) in [5, 5.41) is 4.91. The topological polar surface area (TPSA) is 51.2 Å². The van der Waals surface area contributed by atoms with Gasteiger partial charge in [0.15, 0.2) is 0 Å². The molecule has 0 spiro atoms. The van der Waals surface area contributed by atoms with Crippen LogP contribution in [0.2, 0.25) is 10.0 Å². The molecule has 0 unspecified atom stereocenters. The molecule has 1 aromatic heterocycles. The molecule has 21 heavy (non-hydrogen) atoms. The van der Waals surface area contributed by atoms with E-state index in [2.05, 4.69) is 10.3 Å². The van der Waals surface area contributed by atoms with Crippen LogP contribution in [0.4, 0.5) is 5.82 Å². The third-order valence-corrected chi connectivity index (χ3v) is 5.49. The quantitative estimate of drug-likeness (QED) is 0.589. The molecule has 1 aromatic rings. The van der Waals surface area contributed by atoms with Gasteiger partial charge in [0.2, 0.25) is 0 Å². The van der Waals surface area contributed by atoms with E-state index in [1.165, 1.54) is 7.11 Å². The van der Waals surface area contributed by atoms with Crippen molar-refractivity contribution in [3.05, 3.63) is 16.1 Å². The van der Waals surface area contributed by atoms with Gasteiger partial charge in [-0.15, -0.1) is 11.8 Å². The minimum Gasteiger partial charge on any atom is -0.469 e. The maximum Gasteiger partial charge on any atom is 0.306 e. The molecule has 2 rings (SSSR count). The lowest BCUT2D eigenvalue weighted by Gasteiger charge is -2.14. The average Bonchev–Trinajstić information content (AvgIpc) is 3.20. The maximum atomic E-state index is 11.4. The summed E-state index contributed by atoms with van der Waals surface area (Å²) in [6.45, 7) is 2.72. The lowest BCUT2D eigenvalue weighted by Crippen LogP contribution is -2.13. The SMILES string of the molecule is CCNc1nc(SCC2(CC(=O)OC)CC2)c(Cl)cc1Cl. The number of halogens is 2. The lowest BCUT2D eigenvalue weighted by molar-refractivity contribution is -0.141. The molecule has 0 radical (unpaired) electrons. The number of esters is 1. The predicted molar refractivity (Wildman–Crippen MR) is 87.4 cm³/mol. The van der Waals surface area contributed by atoms with Crippen LogP contribution in [-0.2, 0) is 9.53 Å². The number of rotatable bonds is 7. The smallest absolute Gasteiger partial charge is 0.306 e. The molecule has 0 bridgehead atoms. The highest BCUT2D eigenvalue weighted by molar-refractivity contribution is 7.99. The van der Waals surface area contributed by atoms with E-state index in [0.29, 0.717) is 22.3 Å². The molecule has 7 heteroatoms. The number of nitrogens with zero attached hydrogens (tertiary/aromatic N) is 1. The van der Waals surface area contributed by atoms with Crippen LogP contribution in [0, 0.1) is 5.41 Å². The van der Waals surface area contributed by atoms with E-state index in [4.69, 9.17) is 27.9 Å². The monoisotopic (exact) mass is 348 g/mol. The molecule has 1 N–H and O–H groups in total. The predicted octanol–water partition coefficient (Wildman–Crippen LogP) is 4.26. The fourth-order valence-corrected chi connectivity index (χ4v) is 3.77. The average molecular weight is 349 g/mol. The van der Waals surface area contributed by atoms with Gasteiger partial charge < -0.3 is 10.1 Å². The normalized spacial score (nSPS) is 15.6. The third kappa shape index (κ3) is 4.41. The van der Waals surface area contributed by atoms with Crippen molar-refractivity contribution >= 4 is 46.8 Å². The number of pyridine rings is 1. The van der Waals surface area contributed by atoms with E-state index in [-0.39, 0.29) is 11.4 Å². The van der Waals surface area contributed by atoms with E-state index in [1.54, 1.807) is 17.8 Å². The molecule has 1 aliphatic carbocycles. The molecule has 0 saturated heterocycles. The van der Waals surface area contributed by atoms with Crippen LogP contribution < -0.4 is 5.32 Å². The van der Waals surface area contributed by atoms with Gasteiger partial charge in [-0.3, -0.25) is 4.79 Å². The molecule has 116 valence electrons. The highest BCUT2D eigenvalue weighted by Crippen LogP contribution is 2.52. The molecule has 1 fully saturated rings. The zero-order valence-electron chi connectivity index (χ0n) is 12.0. The number of hydrogen-bond acceptors (Lipinski definition) is 5. The zero-order chi connectivity index (χ0) is 15.5. The first kappa shape index (κ1) is 16.7. The van der Waals surface area contributed by atoms with Crippen molar-refractivity contribution in [2.45, 2.75) is 31.2 Å². The number of carbonyl (C=O) groups excluding carboxylic acids is 1. The molecule has 1 saturated carbocycles. The van der Waals surface area contributed by atoms with Gasteiger partial charge in [-0.25, -0.2) is 4.98 Å². The molecule has 1 aliphatic rings. The van der Waals surface area contributed by atoms with Crippen LogP contribution >= 0.6 is 35.0 Å². The van der Waals surface area contributed by atoms with Crippen molar-refractivity contribution in [3.8, 4) is 0 Å². The number of anilines is 1. The Bertz CT molecular complexity index is 536. The number of thioether (sulfide) groups is 1. The van der Waals surface area contributed by atoms with Crippen LogP contribution in [0.3, 0.4) is 0 Å². The van der Waals surface area contributed by atoms with Crippen LogP contribution in [-0.4, -0.2) is 30.4 Å². The number of carbonyl (C=O) groups is 1. The molecule has 4 nitrogen and oxygen atoms in total. The largest absolute Gasteiger partial charge is 0.469 e. The second-order valence-corrected chi connectivity index (χ2v) is 6.96. The molecule has 0 amide bonds. The van der Waals surface area contributed by atoms with Crippen molar-refractivity contribution in [2.24, 2.45) is 5.41 Å². The van der Waals surface area contributed by atoms with Crippen LogP contribution in [0.15, 0.2) is 11.1 Å². The fourth-order valence-electron chi connectivity index (χ4n) is 1.99. The first-order chi connectivity index (χ1) is 9.99. The van der Waals surface area contributed by atoms with E-state index < -0.39 is 0 Å². The minimum atomic E-state index is -0.156. The summed E-state index contributed by atoms with van der Waals surface area (Å²) in [7, 11) is 1.42. The maximum absolute atomic E-state index is 11.4. The van der Waals surface area contributed by atoms with Gasteiger partial charge >= 0.3 is 5.97 Å². The summed E-state index contributed by atoms with van der Waals surface area (Å²) in [5.41, 5.74) is 0.0424. The Kier molecular flexibility index (Phi) is 5.63. The Morgan fingerprint density at radius 3 is 2.76 bits per heavy atom. The summed E-state index contributed by atoms with van der Waals surface area (Å²) in [6, 6.07) is 1.70. The highest BCUT2D eigenvalue weighted by Gasteiger charge is 2.44. The summed E-state index contributed by atoms with van der Waals surface area (Å²) < 4.78 is 4.75. The van der Waals surface area contributed by atoms with E-state index >= 15 is 0 Å². The van der Waals surface area contributed by atoms with Gasteiger partial charge in [-0.2, -0.15) is 0 Å². The summed E-state index contributed by atoms with van der Waals surface area (Å²) in [4.78, 5) is 15.9. The van der Waals surface area contributed by atoms with E-state index in [0.717, 1.165) is 30.2 Å².